The van der Waals surface area contributed by atoms with Gasteiger partial charge in [-0.3, -0.25) is 13.4 Å². The first-order chi connectivity index (χ1) is 12.8. The Morgan fingerprint density at radius 2 is 1.63 bits per heavy atom. The summed E-state index contributed by atoms with van der Waals surface area (Å²) < 4.78 is 38.4. The molecule has 0 spiro atoms. The van der Waals surface area contributed by atoms with Crippen LogP contribution in [0.5, 0.6) is 11.5 Å². The van der Waals surface area contributed by atoms with Gasteiger partial charge in [0.15, 0.2) is 11.5 Å². The van der Waals surface area contributed by atoms with Crippen LogP contribution < -0.4 is 23.4 Å². The van der Waals surface area contributed by atoms with Crippen molar-refractivity contribution >= 4 is 33.2 Å². The third-order valence-electron chi connectivity index (χ3n) is 4.71. The number of nitrogens with zero attached hydrogens (tertiary/aromatic N) is 2. The van der Waals surface area contributed by atoms with Crippen molar-refractivity contribution in [2.24, 2.45) is 0 Å². The molecule has 27 heavy (non-hydrogen) atoms. The molecule has 0 bridgehead atoms. The lowest BCUT2D eigenvalue weighted by Crippen LogP contribution is -2.46. The molecule has 0 radical (unpaired) electrons. The molecule has 2 aliphatic heterocycles. The van der Waals surface area contributed by atoms with E-state index in [1.165, 1.54) is 22.7 Å². The minimum absolute atomic E-state index is 0.367. The monoisotopic (exact) mass is 389 g/mol. The normalized spacial score (nSPS) is 22.3. The van der Waals surface area contributed by atoms with E-state index >= 15 is 0 Å². The summed E-state index contributed by atoms with van der Waals surface area (Å²) in [6, 6.07) is 12.1. The Balaban J connectivity index is 1.56. The Bertz CT molecular complexity index is 1020. The predicted molar refractivity (Wildman–Crippen MR) is 102 cm³/mol. The summed E-state index contributed by atoms with van der Waals surface area (Å²) in [6.45, 7) is 1.76. The van der Waals surface area contributed by atoms with Gasteiger partial charge in [0.2, 0.25) is 6.10 Å². The lowest BCUT2D eigenvalue weighted by atomic mass is 10.1. The zero-order valence-electron chi connectivity index (χ0n) is 15.0. The number of fused-ring (bicyclic) bond motifs is 2. The van der Waals surface area contributed by atoms with E-state index in [0.29, 0.717) is 28.6 Å². The second-order valence-corrected chi connectivity index (χ2v) is 8.43. The smallest absolute Gasteiger partial charge is 0.326 e. The fraction of sp³-hybridized carbons (Fsp3) is 0.278. The summed E-state index contributed by atoms with van der Waals surface area (Å²) in [7, 11) is -0.601. The highest BCUT2D eigenvalue weighted by molar-refractivity contribution is 7.94. The van der Waals surface area contributed by atoms with Crippen molar-refractivity contribution in [3.8, 4) is 11.5 Å². The minimum Gasteiger partial charge on any atom is -0.482 e. The molecule has 0 unspecified atom stereocenters. The number of carbonyl (C=O) groups excluding carboxylic acids is 1. The Hall–Kier alpha value is -2.94. The summed E-state index contributed by atoms with van der Waals surface area (Å²) in [5, 5.41) is 2.78. The van der Waals surface area contributed by atoms with Crippen LogP contribution in [0.1, 0.15) is 6.92 Å². The maximum absolute atomic E-state index is 12.7. The molecule has 9 heteroatoms. The van der Waals surface area contributed by atoms with E-state index in [0.717, 1.165) is 0 Å². The van der Waals surface area contributed by atoms with Crippen LogP contribution in [-0.4, -0.2) is 40.6 Å². The molecule has 2 aliphatic rings. The quantitative estimate of drug-likeness (QED) is 0.849. The van der Waals surface area contributed by atoms with Crippen LogP contribution >= 0.6 is 0 Å². The number of carbonyl (C=O) groups is 1. The van der Waals surface area contributed by atoms with Gasteiger partial charge in [-0.05, 0) is 37.3 Å². The lowest BCUT2D eigenvalue weighted by Gasteiger charge is -2.31. The molecule has 2 heterocycles. The predicted octanol–water partition coefficient (Wildman–Crippen LogP) is 1.98. The van der Waals surface area contributed by atoms with Crippen LogP contribution in [0.2, 0.25) is 0 Å². The standard InChI is InChI=1S/C18H19N3O5S/c1-11-17(26-16-7-5-4-6-15(16)25-11)18(22)19-12-8-9-13-14(10-12)21(3)27(23,24)20(13)2/h4-11,17H,1-3H3,(H,19,22)/t11-,17+/m0/s1. The summed E-state index contributed by atoms with van der Waals surface area (Å²) in [6.07, 6.45) is -1.29. The number of ether oxygens (including phenoxy) is 2. The molecule has 0 saturated carbocycles. The van der Waals surface area contributed by atoms with Crippen LogP contribution in [0.15, 0.2) is 42.5 Å². The first-order valence-electron chi connectivity index (χ1n) is 8.39. The first-order valence-corrected chi connectivity index (χ1v) is 9.79. The maximum atomic E-state index is 12.7. The highest BCUT2D eigenvalue weighted by Crippen LogP contribution is 2.40. The van der Waals surface area contributed by atoms with Crippen molar-refractivity contribution in [2.45, 2.75) is 19.1 Å². The fourth-order valence-electron chi connectivity index (χ4n) is 3.17. The molecule has 8 nitrogen and oxygen atoms in total. The lowest BCUT2D eigenvalue weighted by molar-refractivity contribution is -0.128. The number of amides is 1. The number of nitrogens with one attached hydrogen (secondary N) is 1. The summed E-state index contributed by atoms with van der Waals surface area (Å²) in [5.41, 5.74) is 1.52. The zero-order chi connectivity index (χ0) is 19.3. The third-order valence-corrected chi connectivity index (χ3v) is 6.49. The Morgan fingerprint density at radius 1 is 1.00 bits per heavy atom. The van der Waals surface area contributed by atoms with Crippen LogP contribution in [0.25, 0.3) is 0 Å². The molecule has 2 aromatic carbocycles. The SMILES string of the molecule is C[C@@H]1Oc2ccccc2O[C@H]1C(=O)Nc1ccc2c(c1)N(C)S(=O)(=O)N2C. The second kappa shape index (κ2) is 6.05. The number of anilines is 3. The van der Waals surface area contributed by atoms with Crippen molar-refractivity contribution in [1.82, 2.24) is 0 Å². The van der Waals surface area contributed by atoms with Gasteiger partial charge in [-0.25, -0.2) is 0 Å². The van der Waals surface area contributed by atoms with E-state index in [4.69, 9.17) is 9.47 Å². The van der Waals surface area contributed by atoms with Crippen molar-refractivity contribution in [2.75, 3.05) is 28.0 Å². The van der Waals surface area contributed by atoms with E-state index in [-0.39, 0.29) is 5.91 Å². The maximum Gasteiger partial charge on any atom is 0.326 e. The minimum atomic E-state index is -3.56. The molecule has 0 saturated heterocycles. The van der Waals surface area contributed by atoms with E-state index in [9.17, 15) is 13.2 Å². The van der Waals surface area contributed by atoms with Gasteiger partial charge in [-0.15, -0.1) is 0 Å². The van der Waals surface area contributed by atoms with Crippen molar-refractivity contribution in [3.05, 3.63) is 42.5 Å². The molecule has 4 rings (SSSR count). The molecular weight excluding hydrogens is 370 g/mol. The van der Waals surface area contributed by atoms with Crippen molar-refractivity contribution < 1.29 is 22.7 Å². The first kappa shape index (κ1) is 17.5. The highest BCUT2D eigenvalue weighted by Gasteiger charge is 2.37. The van der Waals surface area contributed by atoms with Crippen molar-refractivity contribution in [3.63, 3.8) is 0 Å². The number of hydrogen-bond donors (Lipinski definition) is 1. The summed E-state index contributed by atoms with van der Waals surface area (Å²) >= 11 is 0. The Labute approximate surface area is 157 Å². The van der Waals surface area contributed by atoms with Gasteiger partial charge in [0, 0.05) is 19.8 Å². The van der Waals surface area contributed by atoms with Crippen LogP contribution in [0.3, 0.4) is 0 Å². The van der Waals surface area contributed by atoms with Gasteiger partial charge in [-0.2, -0.15) is 8.42 Å². The van der Waals surface area contributed by atoms with E-state index < -0.39 is 22.4 Å². The van der Waals surface area contributed by atoms with Crippen LogP contribution in [0.4, 0.5) is 17.1 Å². The molecule has 0 fully saturated rings. The molecular formula is C18H19N3O5S. The molecule has 1 N–H and O–H groups in total. The fourth-order valence-corrected chi connectivity index (χ4v) is 4.34. The number of para-hydroxylation sites is 2. The van der Waals surface area contributed by atoms with Gasteiger partial charge < -0.3 is 14.8 Å². The van der Waals surface area contributed by atoms with E-state index in [1.807, 2.05) is 6.07 Å². The van der Waals surface area contributed by atoms with Gasteiger partial charge in [-0.1, -0.05) is 12.1 Å². The largest absolute Gasteiger partial charge is 0.482 e. The third kappa shape index (κ3) is 2.74. The molecule has 142 valence electrons. The average molecular weight is 389 g/mol. The Kier molecular flexibility index (Phi) is 3.92. The number of rotatable bonds is 2. The highest BCUT2D eigenvalue weighted by atomic mass is 32.2. The number of benzene rings is 2. The summed E-state index contributed by atoms with van der Waals surface area (Å²) in [5.74, 6) is 0.743. The Morgan fingerprint density at radius 3 is 2.33 bits per heavy atom. The topological polar surface area (TPSA) is 88.2 Å². The van der Waals surface area contributed by atoms with E-state index in [2.05, 4.69) is 5.32 Å². The van der Waals surface area contributed by atoms with Gasteiger partial charge >= 0.3 is 10.2 Å². The molecule has 2 aromatic rings. The van der Waals surface area contributed by atoms with Gasteiger partial charge in [0.25, 0.3) is 5.91 Å². The average Bonchev–Trinajstić information content (AvgIpc) is 2.81. The van der Waals surface area contributed by atoms with Gasteiger partial charge in [0.05, 0.1) is 11.4 Å². The second-order valence-electron chi connectivity index (χ2n) is 6.44. The molecule has 0 aliphatic carbocycles. The summed E-state index contributed by atoms with van der Waals surface area (Å²) in [4.78, 5) is 12.7. The molecule has 0 aromatic heterocycles. The van der Waals surface area contributed by atoms with Crippen molar-refractivity contribution in [1.29, 1.82) is 0 Å². The van der Waals surface area contributed by atoms with Gasteiger partial charge in [0.1, 0.15) is 6.10 Å². The zero-order valence-corrected chi connectivity index (χ0v) is 15.9. The number of hydrogen-bond acceptors (Lipinski definition) is 5. The molecule has 2 atom stereocenters. The van der Waals surface area contributed by atoms with Crippen LogP contribution in [0, 0.1) is 0 Å². The van der Waals surface area contributed by atoms with E-state index in [1.54, 1.807) is 43.3 Å². The molecule has 1 amide bonds. The van der Waals surface area contributed by atoms with Crippen LogP contribution in [-0.2, 0) is 15.0 Å².